The van der Waals surface area contributed by atoms with Crippen molar-refractivity contribution in [1.29, 1.82) is 0 Å². The van der Waals surface area contributed by atoms with E-state index in [1.807, 2.05) is 12.1 Å². The lowest BCUT2D eigenvalue weighted by atomic mass is 9.62. The Bertz CT molecular complexity index is 959. The molecule has 0 fully saturated rings. The Morgan fingerprint density at radius 2 is 1.57 bits per heavy atom. The van der Waals surface area contributed by atoms with Crippen LogP contribution < -0.4 is 0 Å². The average molecular weight is 405 g/mol. The number of unbranched alkanes of at least 4 members (excludes halogenated alkanes) is 1. The van der Waals surface area contributed by atoms with Crippen LogP contribution in [0.2, 0.25) is 0 Å². The molecule has 30 heavy (non-hydrogen) atoms. The van der Waals surface area contributed by atoms with Crippen molar-refractivity contribution in [3.63, 3.8) is 0 Å². The van der Waals surface area contributed by atoms with Gasteiger partial charge in [-0.15, -0.1) is 0 Å². The van der Waals surface area contributed by atoms with Gasteiger partial charge in [0.15, 0.2) is 0 Å². The lowest BCUT2D eigenvalue weighted by Crippen LogP contribution is -2.34. The second-order valence-electron chi connectivity index (χ2n) is 10.2. The zero-order valence-corrected chi connectivity index (χ0v) is 19.4. The average Bonchev–Trinajstić information content (AvgIpc) is 2.69. The Morgan fingerprint density at radius 1 is 1.00 bits per heavy atom. The Kier molecular flexibility index (Phi) is 6.26. The van der Waals surface area contributed by atoms with Crippen molar-refractivity contribution < 1.29 is 9.90 Å². The molecular weight excluding hydrogens is 368 g/mol. The Labute approximate surface area is 182 Å². The molecule has 0 heterocycles. The van der Waals surface area contributed by atoms with Crippen molar-refractivity contribution >= 4 is 17.6 Å². The van der Waals surface area contributed by atoms with Crippen LogP contribution in [0.1, 0.15) is 105 Å². The molecule has 2 nitrogen and oxygen atoms in total. The van der Waals surface area contributed by atoms with Gasteiger partial charge in [0, 0.05) is 0 Å². The molecule has 0 amide bonds. The van der Waals surface area contributed by atoms with Gasteiger partial charge < -0.3 is 5.11 Å². The first kappa shape index (κ1) is 22.3. The number of fused-ring (bicyclic) bond motifs is 1. The van der Waals surface area contributed by atoms with Gasteiger partial charge in [0.2, 0.25) is 0 Å². The third kappa shape index (κ3) is 4.53. The van der Waals surface area contributed by atoms with Crippen LogP contribution in [0.5, 0.6) is 0 Å². The van der Waals surface area contributed by atoms with E-state index in [4.69, 9.17) is 0 Å². The minimum Gasteiger partial charge on any atom is -0.478 e. The Hall–Kier alpha value is -2.35. The summed E-state index contributed by atoms with van der Waals surface area (Å²) in [4.78, 5) is 11.2. The van der Waals surface area contributed by atoms with Crippen LogP contribution in [0.3, 0.4) is 0 Å². The molecule has 0 radical (unpaired) electrons. The first-order valence-electron chi connectivity index (χ1n) is 11.2. The number of hydrogen-bond donors (Lipinski definition) is 1. The number of hydrogen-bond acceptors (Lipinski definition) is 1. The summed E-state index contributed by atoms with van der Waals surface area (Å²) in [6, 6.07) is 12.1. The molecule has 0 atom stereocenters. The van der Waals surface area contributed by atoms with Crippen LogP contribution in [0.25, 0.3) is 11.6 Å². The standard InChI is InChI=1S/C28H36O2/c1-7-8-9-22(17-20-10-12-21(13-11-20)26(29)30)23-18-25-24(16-19(23)2)27(3,4)14-15-28(25,5)6/h10-13,16-18H,7-9,14-15H2,1-6H3,(H,29,30). The Morgan fingerprint density at radius 3 is 2.10 bits per heavy atom. The topological polar surface area (TPSA) is 37.3 Å². The van der Waals surface area contributed by atoms with E-state index in [0.29, 0.717) is 5.56 Å². The molecule has 0 aromatic heterocycles. The van der Waals surface area contributed by atoms with Crippen molar-refractivity contribution in [2.75, 3.05) is 0 Å². The minimum atomic E-state index is -0.882. The molecule has 0 saturated heterocycles. The fraction of sp³-hybridized carbons (Fsp3) is 0.464. The van der Waals surface area contributed by atoms with Gasteiger partial charge in [0.25, 0.3) is 0 Å². The summed E-state index contributed by atoms with van der Waals surface area (Å²) in [6.07, 6.45) is 8.00. The summed E-state index contributed by atoms with van der Waals surface area (Å²) in [5.74, 6) is -0.882. The molecule has 0 unspecified atom stereocenters. The fourth-order valence-corrected chi connectivity index (χ4v) is 4.64. The molecule has 1 aliphatic rings. The second-order valence-corrected chi connectivity index (χ2v) is 10.2. The van der Waals surface area contributed by atoms with Gasteiger partial charge in [-0.05, 0) is 89.0 Å². The molecule has 0 saturated carbocycles. The summed E-state index contributed by atoms with van der Waals surface area (Å²) in [7, 11) is 0. The largest absolute Gasteiger partial charge is 0.478 e. The summed E-state index contributed by atoms with van der Waals surface area (Å²) >= 11 is 0. The number of allylic oxidation sites excluding steroid dienone is 1. The smallest absolute Gasteiger partial charge is 0.335 e. The molecule has 0 bridgehead atoms. The van der Waals surface area contributed by atoms with Gasteiger partial charge in [-0.2, -0.15) is 0 Å². The van der Waals surface area contributed by atoms with E-state index in [2.05, 4.69) is 59.8 Å². The highest BCUT2D eigenvalue weighted by molar-refractivity contribution is 5.89. The summed E-state index contributed by atoms with van der Waals surface area (Å²) < 4.78 is 0. The van der Waals surface area contributed by atoms with E-state index in [1.165, 1.54) is 40.7 Å². The monoisotopic (exact) mass is 404 g/mol. The highest BCUT2D eigenvalue weighted by atomic mass is 16.4. The highest BCUT2D eigenvalue weighted by Crippen LogP contribution is 2.47. The van der Waals surface area contributed by atoms with Gasteiger partial charge in [0.1, 0.15) is 0 Å². The molecule has 1 N–H and O–H groups in total. The molecule has 3 rings (SSSR count). The van der Waals surface area contributed by atoms with Gasteiger partial charge in [-0.1, -0.05) is 71.4 Å². The first-order chi connectivity index (χ1) is 14.0. The lowest BCUT2D eigenvalue weighted by Gasteiger charge is -2.42. The third-order valence-corrected chi connectivity index (χ3v) is 6.84. The van der Waals surface area contributed by atoms with Gasteiger partial charge in [-0.25, -0.2) is 4.79 Å². The zero-order chi connectivity index (χ0) is 22.1. The van der Waals surface area contributed by atoms with E-state index >= 15 is 0 Å². The van der Waals surface area contributed by atoms with Crippen molar-refractivity contribution in [3.8, 4) is 0 Å². The second kappa shape index (κ2) is 8.41. The molecule has 2 heteroatoms. The third-order valence-electron chi connectivity index (χ3n) is 6.84. The number of carbonyl (C=O) groups is 1. The molecule has 2 aromatic carbocycles. The van der Waals surface area contributed by atoms with Crippen molar-refractivity contribution in [1.82, 2.24) is 0 Å². The summed E-state index contributed by atoms with van der Waals surface area (Å²) in [5.41, 5.74) is 8.81. The zero-order valence-electron chi connectivity index (χ0n) is 19.4. The van der Waals surface area contributed by atoms with Crippen LogP contribution in [0, 0.1) is 6.92 Å². The maximum absolute atomic E-state index is 11.2. The molecule has 0 aliphatic heterocycles. The van der Waals surface area contributed by atoms with Crippen molar-refractivity contribution in [3.05, 3.63) is 69.8 Å². The number of aryl methyl sites for hydroxylation is 1. The van der Waals surface area contributed by atoms with E-state index in [1.54, 1.807) is 12.1 Å². The van der Waals surface area contributed by atoms with Crippen LogP contribution in [0.4, 0.5) is 0 Å². The fourth-order valence-electron chi connectivity index (χ4n) is 4.64. The van der Waals surface area contributed by atoms with E-state index in [-0.39, 0.29) is 10.8 Å². The number of carboxylic acids is 1. The highest BCUT2D eigenvalue weighted by Gasteiger charge is 2.37. The SMILES string of the molecule is CCCCC(=Cc1ccc(C(=O)O)cc1)c1cc2c(cc1C)C(C)(C)CCC2(C)C. The van der Waals surface area contributed by atoms with Crippen LogP contribution in [0.15, 0.2) is 36.4 Å². The normalized spacial score (nSPS) is 17.5. The van der Waals surface area contributed by atoms with Crippen LogP contribution >= 0.6 is 0 Å². The summed E-state index contributed by atoms with van der Waals surface area (Å²) in [6.45, 7) is 14.0. The molecule has 0 spiro atoms. The number of carboxylic acid groups (broad SMARTS) is 1. The predicted molar refractivity (Wildman–Crippen MR) is 127 cm³/mol. The van der Waals surface area contributed by atoms with Crippen LogP contribution in [-0.2, 0) is 10.8 Å². The van der Waals surface area contributed by atoms with Gasteiger partial charge in [-0.3, -0.25) is 0 Å². The van der Waals surface area contributed by atoms with Crippen molar-refractivity contribution in [2.24, 2.45) is 0 Å². The van der Waals surface area contributed by atoms with Crippen molar-refractivity contribution in [2.45, 2.75) is 84.5 Å². The van der Waals surface area contributed by atoms with E-state index < -0.39 is 5.97 Å². The van der Waals surface area contributed by atoms with Gasteiger partial charge in [0.05, 0.1) is 5.56 Å². The number of rotatable bonds is 6. The van der Waals surface area contributed by atoms with E-state index in [9.17, 15) is 9.90 Å². The molecular formula is C28H36O2. The quantitative estimate of drug-likeness (QED) is 0.499. The maximum atomic E-state index is 11.2. The minimum absolute atomic E-state index is 0.187. The van der Waals surface area contributed by atoms with Crippen LogP contribution in [-0.4, -0.2) is 11.1 Å². The lowest BCUT2D eigenvalue weighted by molar-refractivity contribution is 0.0697. The van der Waals surface area contributed by atoms with Gasteiger partial charge >= 0.3 is 5.97 Å². The molecule has 1 aliphatic carbocycles. The summed E-state index contributed by atoms with van der Waals surface area (Å²) in [5, 5.41) is 9.18. The number of aromatic carboxylic acids is 1. The first-order valence-corrected chi connectivity index (χ1v) is 11.2. The van der Waals surface area contributed by atoms with E-state index in [0.717, 1.165) is 24.8 Å². The predicted octanol–water partition coefficient (Wildman–Crippen LogP) is 7.77. The Balaban J connectivity index is 2.11. The molecule has 160 valence electrons. The molecule has 2 aromatic rings. The maximum Gasteiger partial charge on any atom is 0.335 e. The number of benzene rings is 2.